The van der Waals surface area contributed by atoms with E-state index in [1.165, 1.54) is 21.3 Å². The van der Waals surface area contributed by atoms with Gasteiger partial charge in [-0.15, -0.1) is 0 Å². The fraction of sp³-hybridized carbons (Fsp3) is 0.598. The molecular formula is C92H132N8O27. The summed E-state index contributed by atoms with van der Waals surface area (Å²) in [6.45, 7) is 17.4. The second-order valence-corrected chi connectivity index (χ2v) is 30.9. The summed E-state index contributed by atoms with van der Waals surface area (Å²) in [6, 6.07) is 14.8. The lowest BCUT2D eigenvalue weighted by atomic mass is 9.85. The first-order chi connectivity index (χ1) is 61.6. The van der Waals surface area contributed by atoms with Crippen molar-refractivity contribution >= 4 is 63.6 Å². The van der Waals surface area contributed by atoms with Crippen LogP contribution >= 0.6 is 0 Å². The minimum absolute atomic E-state index is 0.00167. The highest BCUT2D eigenvalue weighted by Gasteiger charge is 2.37. The van der Waals surface area contributed by atoms with E-state index in [0.29, 0.717) is 229 Å². The Labute approximate surface area is 743 Å². The molecule has 0 fully saturated rings. The molecule has 7 N–H and O–H groups in total. The first-order valence-corrected chi connectivity index (χ1v) is 43.1. The number of H-pyrrole nitrogens is 2. The molecule has 35 nitrogen and oxygen atoms in total. The number of nitrogens with zero attached hydrogens (tertiary/aromatic N) is 2. The summed E-state index contributed by atoms with van der Waals surface area (Å²) in [5, 5.41) is 21.8. The number of nitrogens with one attached hydrogen (secondary N) is 6. The molecule has 0 unspecified atom stereocenters. The fourth-order valence-electron chi connectivity index (χ4n) is 13.6. The first-order valence-electron chi connectivity index (χ1n) is 43.1. The number of esters is 2. The van der Waals surface area contributed by atoms with Crippen LogP contribution in [0.4, 0.5) is 0 Å². The van der Waals surface area contributed by atoms with Gasteiger partial charge in [0.1, 0.15) is 0 Å². The number of carboxylic acids is 1. The van der Waals surface area contributed by atoms with Crippen LogP contribution in [0.5, 0.6) is 5.75 Å². The van der Waals surface area contributed by atoms with Gasteiger partial charge >= 0.3 is 17.9 Å². The highest BCUT2D eigenvalue weighted by Crippen LogP contribution is 2.44. The van der Waals surface area contributed by atoms with Crippen molar-refractivity contribution in [1.82, 2.24) is 41.2 Å². The molecule has 4 amide bonds. The van der Waals surface area contributed by atoms with Crippen molar-refractivity contribution in [2.75, 3.05) is 235 Å². The Kier molecular flexibility index (Phi) is 48.5. The third-order valence-electron chi connectivity index (χ3n) is 20.1. The molecule has 0 spiro atoms. The van der Waals surface area contributed by atoms with Crippen LogP contribution in [0.15, 0.2) is 48.5 Å². The fourth-order valence-corrected chi connectivity index (χ4v) is 13.6. The summed E-state index contributed by atoms with van der Waals surface area (Å²) in [4.78, 5) is 116. The van der Waals surface area contributed by atoms with Gasteiger partial charge in [-0.3, -0.25) is 33.9 Å². The van der Waals surface area contributed by atoms with Crippen molar-refractivity contribution in [3.05, 3.63) is 110 Å². The van der Waals surface area contributed by atoms with E-state index in [1.807, 2.05) is 76.2 Å². The molecule has 2 aliphatic rings. The van der Waals surface area contributed by atoms with Crippen molar-refractivity contribution < 1.29 is 129 Å². The third-order valence-corrected chi connectivity index (χ3v) is 20.1. The second kappa shape index (κ2) is 58.9. The minimum atomic E-state index is -0.948. The van der Waals surface area contributed by atoms with Crippen molar-refractivity contribution in [3.63, 3.8) is 0 Å². The zero-order chi connectivity index (χ0) is 91.4. The van der Waals surface area contributed by atoms with Gasteiger partial charge in [0.05, 0.1) is 245 Å². The highest BCUT2D eigenvalue weighted by molar-refractivity contribution is 6.12. The summed E-state index contributed by atoms with van der Waals surface area (Å²) in [7, 11) is 10.4. The van der Waals surface area contributed by atoms with E-state index < -0.39 is 28.7 Å². The highest BCUT2D eigenvalue weighted by atomic mass is 16.6. The van der Waals surface area contributed by atoms with E-state index in [1.54, 1.807) is 28.4 Å². The zero-order valence-electron chi connectivity index (χ0n) is 75.8. The quantitative estimate of drug-likeness (QED) is 0.0110. The van der Waals surface area contributed by atoms with Crippen molar-refractivity contribution in [3.8, 4) is 39.8 Å². The largest absolute Gasteiger partial charge is 0.493 e. The van der Waals surface area contributed by atoms with Gasteiger partial charge in [-0.05, 0) is 82.6 Å². The van der Waals surface area contributed by atoms with Gasteiger partial charge in [0, 0.05) is 150 Å². The number of rotatable bonds is 65. The zero-order valence-corrected chi connectivity index (χ0v) is 75.8. The maximum Gasteiger partial charge on any atom is 0.340 e. The number of amides is 4. The number of carbonyl (C=O) groups is 7. The van der Waals surface area contributed by atoms with Gasteiger partial charge in [0.15, 0.2) is 5.75 Å². The lowest BCUT2D eigenvalue weighted by Gasteiger charge is -2.17. The SMILES string of the molecule is COCCOCCOCCOCCC(=O)NCc1cc(CNC(=O)CCOCCOCCOCCOC)cc(-c2c(C(=O)OC)c3[nH]c2cc2nc(c(OC)c4[nH]c(cc5nc(c3C#CCCCCC(=O)O)CC5(C)C)c(-c3cc(CNC(=O)CCOCCOCCOCCOC)cc(CNC(=O)CCOCCOCCOCCOC)c3)c4C(=O)OC)CC2(C)C)c1. The molecule has 2 aliphatic heterocycles. The molecule has 5 aromatic rings. The van der Waals surface area contributed by atoms with Crippen LogP contribution < -0.4 is 26.0 Å². The van der Waals surface area contributed by atoms with E-state index in [9.17, 15) is 29.1 Å². The maximum absolute atomic E-state index is 15.4. The number of aliphatic carboxylic acids is 1. The predicted octanol–water partition coefficient (Wildman–Crippen LogP) is 8.08. The Morgan fingerprint density at radius 2 is 0.677 bits per heavy atom. The van der Waals surface area contributed by atoms with Crippen LogP contribution in [0.3, 0.4) is 0 Å². The van der Waals surface area contributed by atoms with Crippen LogP contribution in [-0.4, -0.2) is 301 Å². The molecule has 0 saturated carbocycles. The molecule has 5 heterocycles. The molecule has 8 bridgehead atoms. The minimum Gasteiger partial charge on any atom is -0.493 e. The van der Waals surface area contributed by atoms with E-state index in [4.69, 9.17) is 100.0 Å². The summed E-state index contributed by atoms with van der Waals surface area (Å²) in [5.74, 6) is 3.23. The number of benzene rings is 2. The van der Waals surface area contributed by atoms with Gasteiger partial charge in [0.2, 0.25) is 23.6 Å². The number of carboxylic acid groups (broad SMARTS) is 1. The molecule has 7 rings (SSSR count). The standard InChI is InChI=1S/C92H132N8O27/c1-91(2)58-73-70(16-14-12-13-15-17-81(105)106)86-84(89(107)114-10)82(68-52-64(60-93-77(101)18-22-116-34-38-124-46-42-120-30-26-109-5)50-65(53-68)61-94-78(102)19-23-117-35-39-125-47-43-121-31-27-110-6)71(99-86)56-76-92(3,4)59-74(98-76)88(113-9)87-85(90(108)115-11)83(72(100-87)57-75(91)97-73)69-54-66(62-95-79(103)20-24-118-36-40-126-48-44-122-32-28-111-7)51-67(55-69)63-96-80(104)21-25-119-37-41-127-49-45-123-33-29-112-8/h50-57,99-100H,12-13,15,17-49,58-63H2,1-11H3,(H,93,101)(H,94,102)(H,95,103)(H,96,104)(H,105,106). The number of aromatic amines is 2. The number of fused-ring (bicyclic) bond motifs is 8. The molecule has 2 aromatic carbocycles. The smallest absolute Gasteiger partial charge is 0.340 e. The Balaban J connectivity index is 1.40. The average Bonchev–Trinajstić information content (AvgIpc) is 1.58. The molecule has 702 valence electrons. The Hall–Kier alpha value is -9.43. The summed E-state index contributed by atoms with van der Waals surface area (Å²) in [6.07, 6.45) is 1.49. The number of unbranched alkanes of at least 4 members (excludes halogenated alkanes) is 2. The summed E-state index contributed by atoms with van der Waals surface area (Å²) < 4.78 is 106. The number of ether oxygens (including phenoxy) is 19. The van der Waals surface area contributed by atoms with E-state index >= 15 is 9.59 Å². The molecule has 127 heavy (non-hydrogen) atoms. The monoisotopic (exact) mass is 1780 g/mol. The van der Waals surface area contributed by atoms with Crippen molar-refractivity contribution in [2.24, 2.45) is 0 Å². The molecular weight excluding hydrogens is 1650 g/mol. The molecule has 0 radical (unpaired) electrons. The van der Waals surface area contributed by atoms with E-state index in [-0.39, 0.29) is 182 Å². The average molecular weight is 1780 g/mol. The van der Waals surface area contributed by atoms with Crippen LogP contribution in [0.1, 0.15) is 150 Å². The molecule has 35 heteroatoms. The van der Waals surface area contributed by atoms with Crippen molar-refractivity contribution in [1.29, 1.82) is 0 Å². The normalized spacial score (nSPS) is 12.7. The molecule has 0 aliphatic carbocycles. The Morgan fingerprint density at radius 1 is 0.378 bits per heavy atom. The first kappa shape index (κ1) is 105. The van der Waals surface area contributed by atoms with Gasteiger partial charge in [-0.25, -0.2) is 9.59 Å². The molecule has 0 saturated heterocycles. The van der Waals surface area contributed by atoms with Gasteiger partial charge in [-0.2, -0.15) is 0 Å². The van der Waals surface area contributed by atoms with Crippen molar-refractivity contribution in [2.45, 2.75) is 129 Å². The van der Waals surface area contributed by atoms with Gasteiger partial charge in [0.25, 0.3) is 0 Å². The third kappa shape index (κ3) is 36.9. The van der Waals surface area contributed by atoms with Crippen LogP contribution in [0.2, 0.25) is 0 Å². The molecule has 0 atom stereocenters. The molecule has 3 aromatic heterocycles. The van der Waals surface area contributed by atoms with Crippen LogP contribution in [0.25, 0.3) is 44.3 Å². The summed E-state index contributed by atoms with van der Waals surface area (Å²) in [5.41, 5.74) is 5.79. The van der Waals surface area contributed by atoms with Gasteiger partial charge in [-0.1, -0.05) is 51.7 Å². The van der Waals surface area contributed by atoms with Crippen LogP contribution in [0, 0.1) is 11.8 Å². The Bertz CT molecular complexity index is 4380. The summed E-state index contributed by atoms with van der Waals surface area (Å²) >= 11 is 0. The van der Waals surface area contributed by atoms with Crippen LogP contribution in [-0.2, 0) is 159 Å². The van der Waals surface area contributed by atoms with E-state index in [2.05, 4.69) is 43.1 Å². The maximum atomic E-state index is 15.4. The number of hydrogen-bond donors (Lipinski definition) is 7. The number of hydrogen-bond acceptors (Lipinski definition) is 28. The Morgan fingerprint density at radius 3 is 0.992 bits per heavy atom. The topological polar surface area (TPSA) is 421 Å². The van der Waals surface area contributed by atoms with E-state index in [0.717, 1.165) is 0 Å². The lowest BCUT2D eigenvalue weighted by Crippen LogP contribution is -2.25. The lowest BCUT2D eigenvalue weighted by molar-refractivity contribution is -0.137. The second-order valence-electron chi connectivity index (χ2n) is 30.9. The van der Waals surface area contributed by atoms with Gasteiger partial charge < -0.3 is 126 Å². The number of methoxy groups -OCH3 is 7. The number of carbonyl (C=O) groups excluding carboxylic acids is 6. The number of aromatic nitrogens is 4. The predicted molar refractivity (Wildman–Crippen MR) is 471 cm³/mol.